The van der Waals surface area contributed by atoms with Crippen LogP contribution in [0.2, 0.25) is 0 Å². The third-order valence-corrected chi connectivity index (χ3v) is 6.62. The lowest BCUT2D eigenvalue weighted by atomic mass is 10.1. The van der Waals surface area contributed by atoms with E-state index >= 15 is 0 Å². The van der Waals surface area contributed by atoms with Gasteiger partial charge in [-0.2, -0.15) is 0 Å². The van der Waals surface area contributed by atoms with Crippen LogP contribution in [0, 0.1) is 6.92 Å². The molecule has 0 aliphatic heterocycles. The van der Waals surface area contributed by atoms with Crippen molar-refractivity contribution in [3.8, 4) is 0 Å². The van der Waals surface area contributed by atoms with Gasteiger partial charge in [0.05, 0.1) is 6.42 Å². The second-order valence-corrected chi connectivity index (χ2v) is 8.80. The molecular weight excluding hydrogens is 388 g/mol. The molecule has 2 aromatic heterocycles. The molecule has 5 nitrogen and oxygen atoms in total. The Morgan fingerprint density at radius 3 is 2.75 bits per heavy atom. The molecule has 142 valence electrons. The van der Waals surface area contributed by atoms with E-state index in [-0.39, 0.29) is 5.91 Å². The number of fused-ring (bicyclic) bond motifs is 1. The normalized spacial score (nSPS) is 11.1. The fourth-order valence-electron chi connectivity index (χ4n) is 3.13. The Bertz CT molecular complexity index is 1130. The average Bonchev–Trinajstić information content (AvgIpc) is 3.26. The van der Waals surface area contributed by atoms with Gasteiger partial charge < -0.3 is 9.88 Å². The summed E-state index contributed by atoms with van der Waals surface area (Å²) in [4.78, 5) is 12.5. The first-order chi connectivity index (χ1) is 13.6. The molecule has 2 heterocycles. The number of aromatic nitrogens is 3. The van der Waals surface area contributed by atoms with Crippen molar-refractivity contribution < 1.29 is 4.79 Å². The SMILES string of the molecule is Cc1ccccc1CSc1nnc(NC(=O)Cc2cn(C)c3ccccc23)s1. The van der Waals surface area contributed by atoms with Crippen LogP contribution in [0.1, 0.15) is 16.7 Å². The third-order valence-electron chi connectivity index (χ3n) is 4.60. The van der Waals surface area contributed by atoms with Crippen molar-refractivity contribution in [2.24, 2.45) is 7.05 Å². The van der Waals surface area contributed by atoms with Gasteiger partial charge in [-0.1, -0.05) is 65.6 Å². The topological polar surface area (TPSA) is 59.8 Å². The standard InChI is InChI=1S/C21H20N4OS2/c1-14-7-3-4-8-15(14)13-27-21-24-23-20(28-21)22-19(26)11-16-12-25(2)18-10-6-5-9-17(16)18/h3-10,12H,11,13H2,1-2H3,(H,22,23,26). The van der Waals surface area contributed by atoms with Crippen LogP contribution in [0.5, 0.6) is 0 Å². The molecule has 1 N–H and O–H groups in total. The van der Waals surface area contributed by atoms with Gasteiger partial charge in [-0.3, -0.25) is 4.79 Å². The van der Waals surface area contributed by atoms with Gasteiger partial charge in [0.25, 0.3) is 0 Å². The van der Waals surface area contributed by atoms with Crippen molar-refractivity contribution in [1.82, 2.24) is 14.8 Å². The number of aryl methyl sites for hydroxylation is 2. The molecule has 0 saturated heterocycles. The summed E-state index contributed by atoms with van der Waals surface area (Å²) < 4.78 is 2.90. The summed E-state index contributed by atoms with van der Waals surface area (Å²) >= 11 is 3.04. The lowest BCUT2D eigenvalue weighted by molar-refractivity contribution is -0.115. The van der Waals surface area contributed by atoms with Crippen LogP contribution in [-0.4, -0.2) is 20.7 Å². The predicted octanol–water partition coefficient (Wildman–Crippen LogP) is 4.81. The predicted molar refractivity (Wildman–Crippen MR) is 116 cm³/mol. The molecule has 2 aromatic carbocycles. The summed E-state index contributed by atoms with van der Waals surface area (Å²) in [6, 6.07) is 16.4. The summed E-state index contributed by atoms with van der Waals surface area (Å²) in [6.45, 7) is 2.11. The third kappa shape index (κ3) is 4.10. The first-order valence-corrected chi connectivity index (χ1v) is 10.7. The quantitative estimate of drug-likeness (QED) is 0.367. The van der Waals surface area contributed by atoms with E-state index < -0.39 is 0 Å². The van der Waals surface area contributed by atoms with E-state index in [2.05, 4.69) is 40.6 Å². The van der Waals surface area contributed by atoms with Gasteiger partial charge in [0.1, 0.15) is 0 Å². The number of carbonyl (C=O) groups excluding carboxylic acids is 1. The van der Waals surface area contributed by atoms with E-state index in [4.69, 9.17) is 0 Å². The van der Waals surface area contributed by atoms with Crippen molar-refractivity contribution >= 4 is 45.0 Å². The van der Waals surface area contributed by atoms with E-state index in [1.54, 1.807) is 11.8 Å². The molecule has 0 fully saturated rings. The van der Waals surface area contributed by atoms with Crippen molar-refractivity contribution in [3.05, 3.63) is 71.4 Å². The van der Waals surface area contributed by atoms with Crippen LogP contribution in [0.3, 0.4) is 0 Å². The summed E-state index contributed by atoms with van der Waals surface area (Å²) in [5, 5.41) is 12.8. The molecule has 0 radical (unpaired) electrons. The van der Waals surface area contributed by atoms with Crippen molar-refractivity contribution in [2.45, 2.75) is 23.4 Å². The highest BCUT2D eigenvalue weighted by Gasteiger charge is 2.13. The highest BCUT2D eigenvalue weighted by Crippen LogP contribution is 2.29. The minimum absolute atomic E-state index is 0.0806. The monoisotopic (exact) mass is 408 g/mol. The summed E-state index contributed by atoms with van der Waals surface area (Å²) in [5.74, 6) is 0.758. The van der Waals surface area contributed by atoms with Gasteiger partial charge in [0.15, 0.2) is 4.34 Å². The Morgan fingerprint density at radius 2 is 1.89 bits per heavy atom. The number of amides is 1. The molecule has 0 aliphatic rings. The first kappa shape index (κ1) is 18.7. The molecule has 0 bridgehead atoms. The molecule has 4 rings (SSSR count). The Hall–Kier alpha value is -2.64. The minimum atomic E-state index is -0.0806. The van der Waals surface area contributed by atoms with Gasteiger partial charge in [0.2, 0.25) is 11.0 Å². The number of benzene rings is 2. The Kier molecular flexibility index (Phi) is 5.45. The van der Waals surface area contributed by atoms with Crippen molar-refractivity contribution in [2.75, 3.05) is 5.32 Å². The van der Waals surface area contributed by atoms with E-state index in [1.807, 2.05) is 48.1 Å². The average molecular weight is 409 g/mol. The van der Waals surface area contributed by atoms with E-state index in [1.165, 1.54) is 22.5 Å². The van der Waals surface area contributed by atoms with E-state index in [0.29, 0.717) is 11.6 Å². The minimum Gasteiger partial charge on any atom is -0.350 e. The first-order valence-electron chi connectivity index (χ1n) is 8.94. The smallest absolute Gasteiger partial charge is 0.230 e. The molecule has 0 saturated carbocycles. The van der Waals surface area contributed by atoms with Gasteiger partial charge in [0, 0.05) is 29.9 Å². The Labute approximate surface area is 171 Å². The molecule has 7 heteroatoms. The highest BCUT2D eigenvalue weighted by atomic mass is 32.2. The van der Waals surface area contributed by atoms with Crippen LogP contribution in [-0.2, 0) is 24.0 Å². The van der Waals surface area contributed by atoms with Crippen molar-refractivity contribution in [1.29, 1.82) is 0 Å². The highest BCUT2D eigenvalue weighted by molar-refractivity contribution is 8.00. The Morgan fingerprint density at radius 1 is 1.11 bits per heavy atom. The number of nitrogens with zero attached hydrogens (tertiary/aromatic N) is 3. The summed E-state index contributed by atoms with van der Waals surface area (Å²) in [5.41, 5.74) is 4.68. The lowest BCUT2D eigenvalue weighted by Crippen LogP contribution is -2.14. The second-order valence-electron chi connectivity index (χ2n) is 6.60. The van der Waals surface area contributed by atoms with Crippen LogP contribution < -0.4 is 5.32 Å². The van der Waals surface area contributed by atoms with Crippen molar-refractivity contribution in [3.63, 3.8) is 0 Å². The molecule has 1 amide bonds. The van der Waals surface area contributed by atoms with E-state index in [0.717, 1.165) is 26.6 Å². The number of hydrogen-bond donors (Lipinski definition) is 1. The lowest BCUT2D eigenvalue weighted by Gasteiger charge is -2.02. The number of nitrogens with one attached hydrogen (secondary N) is 1. The zero-order valence-corrected chi connectivity index (χ0v) is 17.3. The fourth-order valence-corrected chi connectivity index (χ4v) is 4.98. The van der Waals surface area contributed by atoms with Gasteiger partial charge in [-0.15, -0.1) is 10.2 Å². The zero-order valence-electron chi connectivity index (χ0n) is 15.7. The second kappa shape index (κ2) is 8.16. The maximum Gasteiger partial charge on any atom is 0.230 e. The molecule has 0 unspecified atom stereocenters. The van der Waals surface area contributed by atoms with Gasteiger partial charge in [-0.25, -0.2) is 0 Å². The number of rotatable bonds is 6. The van der Waals surface area contributed by atoms with Crippen LogP contribution >= 0.6 is 23.1 Å². The van der Waals surface area contributed by atoms with Crippen LogP contribution in [0.15, 0.2) is 59.1 Å². The molecule has 0 spiro atoms. The summed E-state index contributed by atoms with van der Waals surface area (Å²) in [6.07, 6.45) is 2.32. The molecule has 0 aliphatic carbocycles. The van der Waals surface area contributed by atoms with Gasteiger partial charge in [-0.05, 0) is 29.7 Å². The van der Waals surface area contributed by atoms with Crippen LogP contribution in [0.25, 0.3) is 10.9 Å². The fraction of sp³-hybridized carbons (Fsp3) is 0.190. The van der Waals surface area contributed by atoms with Crippen LogP contribution in [0.4, 0.5) is 5.13 Å². The van der Waals surface area contributed by atoms with Gasteiger partial charge >= 0.3 is 0 Å². The molecule has 28 heavy (non-hydrogen) atoms. The molecule has 4 aromatic rings. The van der Waals surface area contributed by atoms with E-state index in [9.17, 15) is 4.79 Å². The zero-order chi connectivity index (χ0) is 19.5. The number of anilines is 1. The largest absolute Gasteiger partial charge is 0.350 e. The molecule has 0 atom stereocenters. The Balaban J connectivity index is 1.38. The number of hydrogen-bond acceptors (Lipinski definition) is 5. The molecular formula is C21H20N4OS2. The summed E-state index contributed by atoms with van der Waals surface area (Å²) in [7, 11) is 1.99. The number of carbonyl (C=O) groups is 1. The number of thioether (sulfide) groups is 1. The number of para-hydroxylation sites is 1. The maximum absolute atomic E-state index is 12.5. The maximum atomic E-state index is 12.5.